The molecule has 0 N–H and O–H groups in total. The fourth-order valence-corrected chi connectivity index (χ4v) is 3.52. The monoisotopic (exact) mass is 399 g/mol. The number of carbonyl (C=O) groups is 1. The summed E-state index contributed by atoms with van der Waals surface area (Å²) in [6.45, 7) is 2.84. The Balaban J connectivity index is 1.39. The lowest BCUT2D eigenvalue weighted by molar-refractivity contribution is 0.0699. The van der Waals surface area contributed by atoms with Gasteiger partial charge in [-0.15, -0.1) is 0 Å². The minimum atomic E-state index is -0.308. The zero-order valence-electron chi connectivity index (χ0n) is 16.3. The predicted octanol–water partition coefficient (Wildman–Crippen LogP) is 2.85. The number of rotatable bonds is 6. The summed E-state index contributed by atoms with van der Waals surface area (Å²) in [7, 11) is 1.76. The summed E-state index contributed by atoms with van der Waals surface area (Å²) in [4.78, 5) is 19.2. The van der Waals surface area contributed by atoms with Crippen LogP contribution >= 0.6 is 0 Å². The molecule has 1 amide bonds. The van der Waals surface area contributed by atoms with Gasteiger partial charge in [0.05, 0.1) is 12.3 Å². The second-order valence-electron chi connectivity index (χ2n) is 7.05. The third-order valence-electron chi connectivity index (χ3n) is 4.91. The maximum absolute atomic E-state index is 13.0. The Kier molecular flexibility index (Phi) is 5.28. The molecule has 0 bridgehead atoms. The molecule has 9 heteroatoms. The van der Waals surface area contributed by atoms with Gasteiger partial charge in [0.1, 0.15) is 23.3 Å². The first-order valence-electron chi connectivity index (χ1n) is 9.54. The maximum atomic E-state index is 13.0. The van der Waals surface area contributed by atoms with Gasteiger partial charge in [-0.05, 0) is 50.1 Å². The second-order valence-corrected chi connectivity index (χ2v) is 7.05. The summed E-state index contributed by atoms with van der Waals surface area (Å²) >= 11 is 0. The Morgan fingerprint density at radius 1 is 1.34 bits per heavy atom. The number of carbonyl (C=O) groups excluding carboxylic acids is 1. The van der Waals surface area contributed by atoms with Gasteiger partial charge in [-0.25, -0.2) is 4.39 Å². The van der Waals surface area contributed by atoms with E-state index in [-0.39, 0.29) is 17.8 Å². The smallest absolute Gasteiger partial charge is 0.272 e. The van der Waals surface area contributed by atoms with Gasteiger partial charge >= 0.3 is 0 Å². The molecule has 0 radical (unpaired) electrons. The van der Waals surface area contributed by atoms with Crippen molar-refractivity contribution in [3.8, 4) is 5.75 Å². The van der Waals surface area contributed by atoms with E-state index in [4.69, 9.17) is 9.26 Å². The van der Waals surface area contributed by atoms with Crippen LogP contribution in [0.3, 0.4) is 0 Å². The van der Waals surface area contributed by atoms with Crippen molar-refractivity contribution >= 4 is 5.91 Å². The molecule has 2 aromatic heterocycles. The topological polar surface area (TPSA) is 86.3 Å². The van der Waals surface area contributed by atoms with E-state index in [0.717, 1.165) is 18.5 Å². The number of hydrogen-bond acceptors (Lipinski definition) is 6. The lowest BCUT2D eigenvalue weighted by atomic mass is 10.2. The molecular formula is C20H22FN5O3. The van der Waals surface area contributed by atoms with Crippen molar-refractivity contribution in [2.24, 2.45) is 7.05 Å². The molecule has 8 nitrogen and oxygen atoms in total. The van der Waals surface area contributed by atoms with E-state index in [9.17, 15) is 9.18 Å². The van der Waals surface area contributed by atoms with Crippen molar-refractivity contribution in [2.75, 3.05) is 13.2 Å². The minimum absolute atomic E-state index is 0.0880. The van der Waals surface area contributed by atoms with E-state index in [1.165, 1.54) is 12.1 Å². The number of amides is 1. The van der Waals surface area contributed by atoms with Crippen molar-refractivity contribution in [2.45, 2.75) is 32.2 Å². The molecule has 1 unspecified atom stereocenters. The van der Waals surface area contributed by atoms with Crippen molar-refractivity contribution in [3.63, 3.8) is 0 Å². The van der Waals surface area contributed by atoms with Gasteiger partial charge in [-0.1, -0.05) is 5.16 Å². The van der Waals surface area contributed by atoms with Crippen LogP contribution < -0.4 is 4.74 Å². The van der Waals surface area contributed by atoms with Gasteiger partial charge in [0, 0.05) is 20.0 Å². The fourth-order valence-electron chi connectivity index (χ4n) is 3.52. The van der Waals surface area contributed by atoms with Gasteiger partial charge in [-0.3, -0.25) is 9.48 Å². The van der Waals surface area contributed by atoms with Crippen LogP contribution in [0.5, 0.6) is 5.75 Å². The number of halogens is 1. The average Bonchev–Trinajstić information content (AvgIpc) is 3.42. The van der Waals surface area contributed by atoms with E-state index in [2.05, 4.69) is 15.2 Å². The zero-order chi connectivity index (χ0) is 20.4. The summed E-state index contributed by atoms with van der Waals surface area (Å²) in [5, 5.41) is 8.26. The molecule has 152 valence electrons. The molecule has 1 atom stereocenters. The van der Waals surface area contributed by atoms with Gasteiger partial charge < -0.3 is 14.2 Å². The van der Waals surface area contributed by atoms with Gasteiger partial charge in [-0.2, -0.15) is 10.1 Å². The van der Waals surface area contributed by atoms with Crippen molar-refractivity contribution in [1.29, 1.82) is 0 Å². The first-order valence-corrected chi connectivity index (χ1v) is 9.54. The largest absolute Gasteiger partial charge is 0.493 e. The Hall–Kier alpha value is -3.23. The highest BCUT2D eigenvalue weighted by atomic mass is 19.1. The van der Waals surface area contributed by atoms with Gasteiger partial charge in [0.2, 0.25) is 5.89 Å². The van der Waals surface area contributed by atoms with Crippen LogP contribution in [0.25, 0.3) is 0 Å². The fraction of sp³-hybridized carbons (Fsp3) is 0.400. The van der Waals surface area contributed by atoms with E-state index >= 15 is 0 Å². The second kappa shape index (κ2) is 8.02. The van der Waals surface area contributed by atoms with Crippen molar-refractivity contribution < 1.29 is 18.4 Å². The van der Waals surface area contributed by atoms with Gasteiger partial charge in [0.15, 0.2) is 5.82 Å². The normalized spacial score (nSPS) is 16.4. The minimum Gasteiger partial charge on any atom is -0.493 e. The number of hydrogen-bond donors (Lipinski definition) is 0. The molecule has 1 aromatic carbocycles. The van der Waals surface area contributed by atoms with Crippen LogP contribution in [0.4, 0.5) is 4.39 Å². The molecule has 1 saturated heterocycles. The molecule has 0 saturated carbocycles. The standard InChI is InChI=1S/C20H22FN5O3/c1-13-12-17(25(2)23-13)20(27)26-10-3-4-16(26)19-22-18(24-29-19)9-11-28-15-7-5-14(21)6-8-15/h5-8,12,16H,3-4,9-11H2,1-2H3. The number of ether oxygens (including phenoxy) is 1. The van der Waals surface area contributed by atoms with Crippen molar-refractivity contribution in [3.05, 3.63) is 59.3 Å². The molecule has 29 heavy (non-hydrogen) atoms. The first kappa shape index (κ1) is 19.1. The van der Waals surface area contributed by atoms with Crippen LogP contribution in [0.15, 0.2) is 34.9 Å². The van der Waals surface area contributed by atoms with Crippen LogP contribution in [-0.2, 0) is 13.5 Å². The third-order valence-corrected chi connectivity index (χ3v) is 4.91. The molecule has 0 spiro atoms. The Labute approximate surface area is 167 Å². The predicted molar refractivity (Wildman–Crippen MR) is 101 cm³/mol. The molecule has 3 heterocycles. The highest BCUT2D eigenvalue weighted by molar-refractivity contribution is 5.93. The lowest BCUT2D eigenvalue weighted by Crippen LogP contribution is -2.32. The summed E-state index contributed by atoms with van der Waals surface area (Å²) in [6, 6.07) is 7.37. The van der Waals surface area contributed by atoms with E-state index in [1.807, 2.05) is 6.92 Å². The zero-order valence-corrected chi connectivity index (χ0v) is 16.3. The molecule has 1 aliphatic rings. The molecule has 1 fully saturated rings. The number of benzene rings is 1. The summed E-state index contributed by atoms with van der Waals surface area (Å²) in [5.74, 6) is 1.13. The van der Waals surface area contributed by atoms with Crippen LogP contribution in [0, 0.1) is 12.7 Å². The summed E-state index contributed by atoms with van der Waals surface area (Å²) in [5.41, 5.74) is 1.34. The number of aromatic nitrogens is 4. The molecule has 0 aliphatic carbocycles. The maximum Gasteiger partial charge on any atom is 0.272 e. The Morgan fingerprint density at radius 3 is 2.86 bits per heavy atom. The third kappa shape index (κ3) is 4.13. The number of nitrogens with zero attached hydrogens (tertiary/aromatic N) is 5. The van der Waals surface area contributed by atoms with Crippen LogP contribution in [0.1, 0.15) is 46.8 Å². The Morgan fingerprint density at radius 2 is 2.14 bits per heavy atom. The highest BCUT2D eigenvalue weighted by Crippen LogP contribution is 2.32. The first-order chi connectivity index (χ1) is 14.0. The van der Waals surface area contributed by atoms with E-state index in [1.54, 1.807) is 34.8 Å². The summed E-state index contributed by atoms with van der Waals surface area (Å²) in [6.07, 6.45) is 2.09. The average molecular weight is 399 g/mol. The molecule has 1 aliphatic heterocycles. The van der Waals surface area contributed by atoms with Gasteiger partial charge in [0.25, 0.3) is 5.91 Å². The Bertz CT molecular complexity index is 998. The van der Waals surface area contributed by atoms with Crippen LogP contribution in [-0.4, -0.2) is 43.9 Å². The molecular weight excluding hydrogens is 377 g/mol. The SMILES string of the molecule is Cc1cc(C(=O)N2CCCC2c2nc(CCOc3ccc(F)cc3)no2)n(C)n1. The van der Waals surface area contributed by atoms with E-state index < -0.39 is 0 Å². The van der Waals surface area contributed by atoms with Crippen molar-refractivity contribution in [1.82, 2.24) is 24.8 Å². The number of likely N-dealkylation sites (tertiary alicyclic amines) is 1. The highest BCUT2D eigenvalue weighted by Gasteiger charge is 2.35. The number of aryl methyl sites for hydroxylation is 2. The quantitative estimate of drug-likeness (QED) is 0.634. The lowest BCUT2D eigenvalue weighted by Gasteiger charge is -2.21. The molecule has 3 aromatic rings. The molecule has 4 rings (SSSR count). The summed E-state index contributed by atoms with van der Waals surface area (Å²) < 4.78 is 25.5. The van der Waals surface area contributed by atoms with E-state index in [0.29, 0.717) is 42.7 Å². The van der Waals surface area contributed by atoms with Crippen LogP contribution in [0.2, 0.25) is 0 Å².